The van der Waals surface area contributed by atoms with Crippen molar-refractivity contribution < 1.29 is 36.2 Å². The van der Waals surface area contributed by atoms with E-state index < -0.39 is 0 Å². The molecule has 3 N–H and O–H groups in total. The molecule has 2 nitrogen and oxygen atoms in total. The van der Waals surface area contributed by atoms with Gasteiger partial charge >= 0.3 is 31.1 Å². The molecule has 1 rings (SSSR count). The van der Waals surface area contributed by atoms with Crippen molar-refractivity contribution in [2.45, 2.75) is 0 Å². The first-order valence-corrected chi connectivity index (χ1v) is 2.86. The van der Waals surface area contributed by atoms with E-state index in [1.165, 1.54) is 0 Å². The maximum atomic E-state index is 7.22. The molecule has 0 aromatic heterocycles. The summed E-state index contributed by atoms with van der Waals surface area (Å²) >= 11 is 0. The Kier molecular flexibility index (Phi) is 12.5. The number of aliphatic hydroxyl groups excluding tert-OH is 1. The zero-order chi connectivity index (χ0) is 7.82. The van der Waals surface area contributed by atoms with E-state index in [2.05, 4.69) is 12.7 Å². The molecule has 58 valence electrons. The Morgan fingerprint density at radius 2 is 1.64 bits per heavy atom. The molecule has 0 bridgehead atoms. The van der Waals surface area contributed by atoms with Crippen LogP contribution >= 0.6 is 0 Å². The zero-order valence-electron chi connectivity index (χ0n) is 6.20. The molecule has 0 saturated heterocycles. The standard InChI is InChI=1S/C7H7.CH4NO.U/c1-7-5-3-2-4-6-7;2-1-3;/h2-6H,1H2;1,3H,2H2;/q2*-1;+2. The van der Waals surface area contributed by atoms with Crippen molar-refractivity contribution >= 4 is 0 Å². The van der Waals surface area contributed by atoms with Gasteiger partial charge in [0.05, 0.1) is 0 Å². The fraction of sp³-hybridized carbons (Fsp3) is 0. The van der Waals surface area contributed by atoms with Crippen molar-refractivity contribution in [2.75, 3.05) is 0 Å². The molecule has 0 amide bonds. The molecule has 3 heteroatoms. The molecule has 0 aliphatic heterocycles. The topological polar surface area (TPSA) is 46.2 Å². The van der Waals surface area contributed by atoms with Gasteiger partial charge in [-0.25, -0.2) is 0 Å². The van der Waals surface area contributed by atoms with Crippen LogP contribution in [0, 0.1) is 44.8 Å². The van der Waals surface area contributed by atoms with Crippen molar-refractivity contribution in [3.63, 3.8) is 0 Å². The summed E-state index contributed by atoms with van der Waals surface area (Å²) in [5.74, 6) is 0. The molecule has 0 radical (unpaired) electrons. The number of nitrogens with two attached hydrogens (primary N) is 1. The largest absolute Gasteiger partial charge is 2.00 e. The molecule has 0 aliphatic carbocycles. The average molecular weight is 375 g/mol. The van der Waals surface area contributed by atoms with Gasteiger partial charge in [0.2, 0.25) is 0 Å². The summed E-state index contributed by atoms with van der Waals surface area (Å²) in [5.41, 5.74) is 5.35. The van der Waals surface area contributed by atoms with Gasteiger partial charge in [0, 0.05) is 0 Å². The molecule has 0 fully saturated rings. The fourth-order valence-corrected chi connectivity index (χ4v) is 0.478. The second-order valence-electron chi connectivity index (χ2n) is 1.63. The first-order valence-electron chi connectivity index (χ1n) is 2.86. The third-order valence-electron chi connectivity index (χ3n) is 0.843. The Labute approximate surface area is 91.2 Å². The zero-order valence-corrected chi connectivity index (χ0v) is 10.4. The maximum Gasteiger partial charge on any atom is 2.00 e. The van der Waals surface area contributed by atoms with E-state index in [0.717, 1.165) is 5.56 Å². The second kappa shape index (κ2) is 10.1. The maximum absolute atomic E-state index is 7.22. The van der Waals surface area contributed by atoms with E-state index in [0.29, 0.717) is 6.73 Å². The van der Waals surface area contributed by atoms with Crippen molar-refractivity contribution in [3.8, 4) is 0 Å². The van der Waals surface area contributed by atoms with Gasteiger partial charge < -0.3 is 10.8 Å². The van der Waals surface area contributed by atoms with Crippen molar-refractivity contribution in [1.29, 1.82) is 0 Å². The number of benzene rings is 1. The number of hydrogen-bond acceptors (Lipinski definition) is 2. The molecule has 0 saturated carbocycles. The molecule has 11 heavy (non-hydrogen) atoms. The number of hydrogen-bond donors (Lipinski definition) is 2. The number of aliphatic hydroxyl groups is 1. The van der Waals surface area contributed by atoms with E-state index in [4.69, 9.17) is 5.11 Å². The van der Waals surface area contributed by atoms with Crippen LogP contribution in [0.1, 0.15) is 5.56 Å². The van der Waals surface area contributed by atoms with Gasteiger partial charge in [-0.15, -0.1) is 12.1 Å². The Morgan fingerprint density at radius 3 is 1.82 bits per heavy atom. The van der Waals surface area contributed by atoms with Gasteiger partial charge in [-0.2, -0.15) is 31.4 Å². The molecule has 0 unspecified atom stereocenters. The van der Waals surface area contributed by atoms with Gasteiger partial charge in [0.25, 0.3) is 0 Å². The monoisotopic (exact) mass is 375 g/mol. The Bertz CT molecular complexity index is 155. The summed E-state index contributed by atoms with van der Waals surface area (Å²) in [4.78, 5) is 0. The quantitative estimate of drug-likeness (QED) is 0.672. The van der Waals surface area contributed by atoms with Crippen LogP contribution in [-0.4, -0.2) is 5.11 Å². The average Bonchev–Trinajstić information content (AvgIpc) is 1.91. The van der Waals surface area contributed by atoms with E-state index in [1.54, 1.807) is 0 Å². The summed E-state index contributed by atoms with van der Waals surface area (Å²) in [6, 6.07) is 9.87. The first-order chi connectivity index (χ1) is 4.81. The van der Waals surface area contributed by atoms with Crippen LogP contribution in [0.5, 0.6) is 0 Å². The summed E-state index contributed by atoms with van der Waals surface area (Å²) < 4.78 is 0. The third-order valence-corrected chi connectivity index (χ3v) is 0.843. The van der Waals surface area contributed by atoms with Gasteiger partial charge in [0.15, 0.2) is 0 Å². The van der Waals surface area contributed by atoms with Crippen molar-refractivity contribution in [2.24, 2.45) is 5.73 Å². The predicted octanol–water partition coefficient (Wildman–Crippen LogP) is 1.31. The minimum Gasteiger partial charge on any atom is -0.551 e. The minimum absolute atomic E-state index is 0. The minimum atomic E-state index is 0. The molecule has 1 aromatic carbocycles. The van der Waals surface area contributed by atoms with Crippen LogP contribution < -0.4 is 5.73 Å². The van der Waals surface area contributed by atoms with Crippen LogP contribution in [0.3, 0.4) is 0 Å². The Hall–Kier alpha value is 0.0619. The van der Waals surface area contributed by atoms with E-state index >= 15 is 0 Å². The van der Waals surface area contributed by atoms with Crippen LogP contribution in [0.2, 0.25) is 0 Å². The van der Waals surface area contributed by atoms with Crippen LogP contribution in [0.25, 0.3) is 0 Å². The number of rotatable bonds is 0. The van der Waals surface area contributed by atoms with Gasteiger partial charge in [-0.1, -0.05) is 6.07 Å². The van der Waals surface area contributed by atoms with E-state index in [1.807, 2.05) is 30.3 Å². The second-order valence-corrected chi connectivity index (χ2v) is 1.63. The van der Waals surface area contributed by atoms with E-state index in [9.17, 15) is 0 Å². The third kappa shape index (κ3) is 10.1. The van der Waals surface area contributed by atoms with Gasteiger partial charge in [-0.05, 0) is 0 Å². The van der Waals surface area contributed by atoms with Gasteiger partial charge in [-0.3, -0.25) is 0 Å². The van der Waals surface area contributed by atoms with Gasteiger partial charge in [0.1, 0.15) is 0 Å². The molecule has 0 heterocycles. The SMILES string of the molecule is N[CH-]O.[CH2-]c1ccccc1.[U+2]. The molecular formula is C8H11NOU. The molecule has 0 atom stereocenters. The van der Waals surface area contributed by atoms with Crippen molar-refractivity contribution in [1.82, 2.24) is 0 Å². The van der Waals surface area contributed by atoms with Crippen molar-refractivity contribution in [3.05, 3.63) is 49.5 Å². The smallest absolute Gasteiger partial charge is 0.551 e. The predicted molar refractivity (Wildman–Crippen MR) is 41.3 cm³/mol. The van der Waals surface area contributed by atoms with Crippen LogP contribution in [0.4, 0.5) is 0 Å². The van der Waals surface area contributed by atoms with Crippen LogP contribution in [-0.2, 0) is 0 Å². The molecule has 0 aliphatic rings. The summed E-state index contributed by atoms with van der Waals surface area (Å²) in [6.07, 6.45) is 0. The molecule has 1 aromatic rings. The summed E-state index contributed by atoms with van der Waals surface area (Å²) in [7, 11) is 0. The van der Waals surface area contributed by atoms with Crippen LogP contribution in [0.15, 0.2) is 30.3 Å². The molecular weight excluding hydrogens is 364 g/mol. The Morgan fingerprint density at radius 1 is 1.27 bits per heavy atom. The van der Waals surface area contributed by atoms with E-state index in [-0.39, 0.29) is 31.1 Å². The normalized spacial score (nSPS) is 7.09. The summed E-state index contributed by atoms with van der Waals surface area (Å²) in [6.45, 7) is 4.22. The first kappa shape index (κ1) is 13.6. The Balaban J connectivity index is 0. The summed E-state index contributed by atoms with van der Waals surface area (Å²) in [5, 5.41) is 7.22. The molecule has 0 spiro atoms. The fourth-order valence-electron chi connectivity index (χ4n) is 0.478.